The Morgan fingerprint density at radius 3 is 2.52 bits per heavy atom. The third-order valence-electron chi connectivity index (χ3n) is 4.24. The van der Waals surface area contributed by atoms with E-state index in [1.54, 1.807) is 19.9 Å². The molecule has 9 heteroatoms. The van der Waals surface area contributed by atoms with Crippen LogP contribution in [0, 0.1) is 0 Å². The second-order valence-electron chi connectivity index (χ2n) is 6.12. The quantitative estimate of drug-likeness (QED) is 0.545. The molecular weight excluding hydrogens is 396 g/mol. The van der Waals surface area contributed by atoms with Crippen molar-refractivity contribution < 1.29 is 19.1 Å². The van der Waals surface area contributed by atoms with Gasteiger partial charge in [0.15, 0.2) is 11.3 Å². The van der Waals surface area contributed by atoms with E-state index < -0.39 is 11.9 Å². The third kappa shape index (κ3) is 4.22. The number of rotatable bonds is 7. The summed E-state index contributed by atoms with van der Waals surface area (Å²) in [6.45, 7) is 5.76. The highest BCUT2D eigenvalue weighted by atomic mass is 35.5. The lowest BCUT2D eigenvalue weighted by atomic mass is 10.0. The molecule has 0 bridgehead atoms. The minimum atomic E-state index is -0.668. The Labute approximate surface area is 172 Å². The van der Waals surface area contributed by atoms with Gasteiger partial charge in [0.1, 0.15) is 0 Å². The minimum Gasteiger partial charge on any atom is -0.466 e. The van der Waals surface area contributed by atoms with E-state index in [-0.39, 0.29) is 31.0 Å². The fourth-order valence-electron chi connectivity index (χ4n) is 3.04. The highest BCUT2D eigenvalue weighted by molar-refractivity contribution is 6.30. The summed E-state index contributed by atoms with van der Waals surface area (Å²) in [5.41, 5.74) is 2.96. The van der Waals surface area contributed by atoms with Crippen LogP contribution in [0.1, 0.15) is 42.6 Å². The summed E-state index contributed by atoms with van der Waals surface area (Å²) in [6, 6.07) is 7.32. The monoisotopic (exact) mass is 416 g/mol. The predicted molar refractivity (Wildman–Crippen MR) is 107 cm³/mol. The molecule has 0 amide bonds. The number of nitrogens with zero attached hydrogens (tertiary/aromatic N) is 4. The first-order chi connectivity index (χ1) is 14.0. The lowest BCUT2D eigenvalue weighted by Crippen LogP contribution is -2.20. The number of fused-ring (bicyclic) bond motifs is 1. The highest BCUT2D eigenvalue weighted by Gasteiger charge is 2.26. The molecule has 0 aliphatic heterocycles. The lowest BCUT2D eigenvalue weighted by Gasteiger charge is -2.09. The number of aryl methyl sites for hydroxylation is 1. The van der Waals surface area contributed by atoms with Crippen molar-refractivity contribution in [3.05, 3.63) is 46.4 Å². The molecule has 3 rings (SSSR count). The smallest absolute Gasteiger partial charge is 0.360 e. The van der Waals surface area contributed by atoms with E-state index in [2.05, 4.69) is 15.3 Å². The van der Waals surface area contributed by atoms with Gasteiger partial charge in [0, 0.05) is 5.02 Å². The van der Waals surface area contributed by atoms with Crippen LogP contribution in [0.4, 0.5) is 0 Å². The number of carbonyl (C=O) groups is 2. The van der Waals surface area contributed by atoms with Crippen LogP contribution in [0.15, 0.2) is 24.3 Å². The molecule has 0 saturated carbocycles. The first-order valence-electron chi connectivity index (χ1n) is 9.35. The molecule has 0 radical (unpaired) electrons. The van der Waals surface area contributed by atoms with Gasteiger partial charge in [-0.05, 0) is 38.0 Å². The summed E-state index contributed by atoms with van der Waals surface area (Å²) < 4.78 is 11.6. The Morgan fingerprint density at radius 1 is 1.10 bits per heavy atom. The van der Waals surface area contributed by atoms with Gasteiger partial charge in [-0.2, -0.15) is 5.10 Å². The molecule has 0 N–H and O–H groups in total. The van der Waals surface area contributed by atoms with Crippen LogP contribution in [0.3, 0.4) is 0 Å². The van der Waals surface area contributed by atoms with Crippen molar-refractivity contribution in [1.29, 1.82) is 0 Å². The molecule has 2 heterocycles. The molecule has 0 atom stereocenters. The average molecular weight is 417 g/mol. The van der Waals surface area contributed by atoms with E-state index in [0.29, 0.717) is 17.1 Å². The maximum atomic E-state index is 12.4. The largest absolute Gasteiger partial charge is 0.466 e. The van der Waals surface area contributed by atoms with Crippen LogP contribution in [0.2, 0.25) is 5.02 Å². The Morgan fingerprint density at radius 2 is 1.86 bits per heavy atom. The summed E-state index contributed by atoms with van der Waals surface area (Å²) in [7, 11) is 0. The molecule has 0 aliphatic rings. The zero-order chi connectivity index (χ0) is 21.0. The molecule has 0 unspecified atom stereocenters. The van der Waals surface area contributed by atoms with Gasteiger partial charge in [-0.3, -0.25) is 4.79 Å². The number of carbonyl (C=O) groups excluding carboxylic acids is 2. The van der Waals surface area contributed by atoms with Crippen LogP contribution in [0.5, 0.6) is 0 Å². The molecule has 29 heavy (non-hydrogen) atoms. The number of hydrogen-bond acceptors (Lipinski definition) is 7. The number of aromatic nitrogens is 4. The van der Waals surface area contributed by atoms with E-state index in [4.69, 9.17) is 21.1 Å². The van der Waals surface area contributed by atoms with Gasteiger partial charge in [0.2, 0.25) is 0 Å². The van der Waals surface area contributed by atoms with Crippen molar-refractivity contribution in [2.24, 2.45) is 0 Å². The van der Waals surface area contributed by atoms with Crippen molar-refractivity contribution in [1.82, 2.24) is 19.8 Å². The fourth-order valence-corrected chi connectivity index (χ4v) is 3.23. The second-order valence-corrected chi connectivity index (χ2v) is 6.56. The van der Waals surface area contributed by atoms with Crippen molar-refractivity contribution in [2.75, 3.05) is 13.2 Å². The zero-order valence-electron chi connectivity index (χ0n) is 16.4. The lowest BCUT2D eigenvalue weighted by molar-refractivity contribution is -0.142. The average Bonchev–Trinajstić information content (AvgIpc) is 3.07. The minimum absolute atomic E-state index is 0.0600. The summed E-state index contributed by atoms with van der Waals surface area (Å²) >= 11 is 6.16. The molecular formula is C20H21ClN4O4. The van der Waals surface area contributed by atoms with Crippen LogP contribution >= 0.6 is 11.6 Å². The van der Waals surface area contributed by atoms with Crippen molar-refractivity contribution in [2.45, 2.75) is 33.6 Å². The predicted octanol–water partition coefficient (Wildman–Crippen LogP) is 3.29. The van der Waals surface area contributed by atoms with E-state index >= 15 is 0 Å². The molecule has 1 aromatic carbocycles. The summed E-state index contributed by atoms with van der Waals surface area (Å²) in [4.78, 5) is 24.6. The van der Waals surface area contributed by atoms with Gasteiger partial charge in [0.25, 0.3) is 0 Å². The van der Waals surface area contributed by atoms with Crippen LogP contribution < -0.4 is 0 Å². The Hall–Kier alpha value is -3.00. The van der Waals surface area contributed by atoms with Crippen LogP contribution in [-0.4, -0.2) is 45.0 Å². The number of hydrogen-bond donors (Lipinski definition) is 0. The molecule has 0 spiro atoms. The molecule has 0 saturated heterocycles. The molecule has 152 valence electrons. The van der Waals surface area contributed by atoms with Crippen LogP contribution in [-0.2, 0) is 27.1 Å². The number of ether oxygens (including phenoxy) is 2. The number of benzene rings is 1. The molecule has 0 fully saturated rings. The summed E-state index contributed by atoms with van der Waals surface area (Å²) in [5, 5.41) is 13.5. The van der Waals surface area contributed by atoms with Gasteiger partial charge in [0.05, 0.1) is 36.6 Å². The molecule has 0 aliphatic carbocycles. The second kappa shape index (κ2) is 9.00. The van der Waals surface area contributed by atoms with Crippen LogP contribution in [0.25, 0.3) is 16.8 Å². The van der Waals surface area contributed by atoms with E-state index in [1.807, 2.05) is 25.1 Å². The Balaban J connectivity index is 2.26. The maximum Gasteiger partial charge on any atom is 0.360 e. The first-order valence-corrected chi connectivity index (χ1v) is 9.73. The third-order valence-corrected chi connectivity index (χ3v) is 4.48. The normalized spacial score (nSPS) is 10.9. The number of halogens is 1. The Kier molecular flexibility index (Phi) is 6.43. The van der Waals surface area contributed by atoms with Gasteiger partial charge >= 0.3 is 11.9 Å². The van der Waals surface area contributed by atoms with E-state index in [1.165, 1.54) is 4.52 Å². The van der Waals surface area contributed by atoms with E-state index in [0.717, 1.165) is 16.8 Å². The van der Waals surface area contributed by atoms with Gasteiger partial charge < -0.3 is 9.47 Å². The molecule has 2 aromatic heterocycles. The zero-order valence-corrected chi connectivity index (χ0v) is 17.2. The number of esters is 2. The summed E-state index contributed by atoms with van der Waals surface area (Å²) in [5.74, 6) is -1.16. The molecule has 8 nitrogen and oxygen atoms in total. The molecule has 3 aromatic rings. The van der Waals surface area contributed by atoms with Crippen molar-refractivity contribution >= 4 is 29.2 Å². The highest BCUT2D eigenvalue weighted by Crippen LogP contribution is 2.30. The fraction of sp³-hybridized carbons (Fsp3) is 0.350. The summed E-state index contributed by atoms with van der Waals surface area (Å²) in [6.07, 6.45) is 0.423. The first kappa shape index (κ1) is 20.7. The topological polar surface area (TPSA) is 95.7 Å². The van der Waals surface area contributed by atoms with Crippen molar-refractivity contribution in [3.63, 3.8) is 0 Å². The van der Waals surface area contributed by atoms with Gasteiger partial charge in [-0.1, -0.05) is 30.7 Å². The Bertz CT molecular complexity index is 1060. The van der Waals surface area contributed by atoms with Gasteiger partial charge in [-0.15, -0.1) is 10.2 Å². The standard InChI is InChI=1S/C20H21ClN4O4/c1-4-14-17(12-8-7-9-13(21)10-12)19-23-22-18(20(27)29-6-3)15(25(19)24-14)11-16(26)28-5-2/h7-10H,4-6,11H2,1-3H3. The SMILES string of the molecule is CCOC(=O)Cc1c(C(=O)OCC)nnc2c(-c3cccc(Cl)c3)c(CC)nn12. The maximum absolute atomic E-state index is 12.4. The van der Waals surface area contributed by atoms with Crippen molar-refractivity contribution in [3.8, 4) is 11.1 Å². The van der Waals surface area contributed by atoms with Gasteiger partial charge in [-0.25, -0.2) is 9.31 Å². The van der Waals surface area contributed by atoms with E-state index in [9.17, 15) is 9.59 Å².